The number of thioether (sulfide) groups is 1. The molecule has 1 saturated carbocycles. The third-order valence-electron chi connectivity index (χ3n) is 5.28. The van der Waals surface area contributed by atoms with E-state index >= 15 is 0 Å². The van der Waals surface area contributed by atoms with E-state index in [0.29, 0.717) is 35.8 Å². The number of aryl methyl sites for hydroxylation is 1. The first kappa shape index (κ1) is 19.2. The van der Waals surface area contributed by atoms with Gasteiger partial charge < -0.3 is 4.90 Å². The third kappa shape index (κ3) is 3.87. The molecule has 2 aliphatic rings. The third-order valence-corrected chi connectivity index (χ3v) is 6.20. The molecular formula is C18H20F3N5OS. The highest BCUT2D eigenvalue weighted by Gasteiger charge is 2.32. The Morgan fingerprint density at radius 3 is 2.75 bits per heavy atom. The molecule has 4 rings (SSSR count). The van der Waals surface area contributed by atoms with Gasteiger partial charge in [-0.2, -0.15) is 13.2 Å². The van der Waals surface area contributed by atoms with Gasteiger partial charge in [0.1, 0.15) is 0 Å². The highest BCUT2D eigenvalue weighted by molar-refractivity contribution is 7.99. The van der Waals surface area contributed by atoms with Crippen LogP contribution in [-0.4, -0.2) is 38.4 Å². The Labute approximate surface area is 164 Å². The molecule has 1 aromatic carbocycles. The van der Waals surface area contributed by atoms with Crippen LogP contribution in [0.1, 0.15) is 49.3 Å². The highest BCUT2D eigenvalue weighted by atomic mass is 32.2. The lowest BCUT2D eigenvalue weighted by Crippen LogP contribution is -2.37. The Kier molecular flexibility index (Phi) is 5.31. The molecule has 0 spiro atoms. The number of carbonyl (C=O) groups is 1. The second-order valence-electron chi connectivity index (χ2n) is 7.12. The SMILES string of the molecule is O=C(CSc1nnnn1C1CCCC1)N1CCCc2cc(C(F)(F)F)ccc21. The smallest absolute Gasteiger partial charge is 0.311 e. The number of hydrogen-bond donors (Lipinski definition) is 0. The van der Waals surface area contributed by atoms with E-state index in [9.17, 15) is 18.0 Å². The lowest BCUT2D eigenvalue weighted by atomic mass is 9.99. The fourth-order valence-electron chi connectivity index (χ4n) is 3.90. The van der Waals surface area contributed by atoms with Gasteiger partial charge in [0.25, 0.3) is 0 Å². The second-order valence-corrected chi connectivity index (χ2v) is 8.07. The van der Waals surface area contributed by atoms with Crippen molar-refractivity contribution in [1.29, 1.82) is 0 Å². The van der Waals surface area contributed by atoms with Gasteiger partial charge in [0, 0.05) is 12.2 Å². The number of fused-ring (bicyclic) bond motifs is 1. The summed E-state index contributed by atoms with van der Waals surface area (Å²) in [6.07, 6.45) is 1.17. The first-order valence-corrected chi connectivity index (χ1v) is 10.3. The van der Waals surface area contributed by atoms with Crippen LogP contribution in [0.15, 0.2) is 23.4 Å². The summed E-state index contributed by atoms with van der Waals surface area (Å²) in [6, 6.07) is 3.88. The van der Waals surface area contributed by atoms with Gasteiger partial charge >= 0.3 is 6.18 Å². The van der Waals surface area contributed by atoms with E-state index in [-0.39, 0.29) is 17.7 Å². The predicted octanol–water partition coefficient (Wildman–Crippen LogP) is 3.88. The molecular weight excluding hydrogens is 391 g/mol. The zero-order valence-corrected chi connectivity index (χ0v) is 16.0. The largest absolute Gasteiger partial charge is 0.416 e. The van der Waals surface area contributed by atoms with Crippen molar-refractivity contribution in [2.75, 3.05) is 17.2 Å². The average Bonchev–Trinajstić information content (AvgIpc) is 3.35. The van der Waals surface area contributed by atoms with Gasteiger partial charge in [-0.25, -0.2) is 4.68 Å². The zero-order chi connectivity index (χ0) is 19.7. The van der Waals surface area contributed by atoms with E-state index in [1.54, 1.807) is 9.58 Å². The van der Waals surface area contributed by atoms with Crippen LogP contribution in [0.4, 0.5) is 18.9 Å². The molecule has 6 nitrogen and oxygen atoms in total. The normalized spacial score (nSPS) is 17.8. The molecule has 0 bridgehead atoms. The molecule has 0 N–H and O–H groups in total. The molecule has 1 fully saturated rings. The van der Waals surface area contributed by atoms with Gasteiger partial charge in [0.05, 0.1) is 17.4 Å². The fourth-order valence-corrected chi connectivity index (χ4v) is 4.72. The van der Waals surface area contributed by atoms with Crippen LogP contribution in [0.5, 0.6) is 0 Å². The van der Waals surface area contributed by atoms with E-state index in [2.05, 4.69) is 15.5 Å². The number of tetrazole rings is 1. The Hall–Kier alpha value is -2.10. The van der Waals surface area contributed by atoms with Crippen LogP contribution >= 0.6 is 11.8 Å². The van der Waals surface area contributed by atoms with Crippen LogP contribution in [0, 0.1) is 0 Å². The number of nitrogens with zero attached hydrogens (tertiary/aromatic N) is 5. The van der Waals surface area contributed by atoms with Crippen molar-refractivity contribution in [2.24, 2.45) is 0 Å². The minimum absolute atomic E-state index is 0.146. The average molecular weight is 411 g/mol. The van der Waals surface area contributed by atoms with E-state index < -0.39 is 11.7 Å². The molecule has 1 aromatic heterocycles. The molecule has 0 saturated heterocycles. The maximum Gasteiger partial charge on any atom is 0.416 e. The first-order valence-electron chi connectivity index (χ1n) is 9.34. The Balaban J connectivity index is 1.46. The molecule has 150 valence electrons. The van der Waals surface area contributed by atoms with Gasteiger partial charge in [-0.05, 0) is 59.9 Å². The number of benzene rings is 1. The van der Waals surface area contributed by atoms with Gasteiger partial charge in [-0.1, -0.05) is 24.6 Å². The van der Waals surface area contributed by atoms with Crippen molar-refractivity contribution in [2.45, 2.75) is 55.9 Å². The van der Waals surface area contributed by atoms with Gasteiger partial charge in [-0.3, -0.25) is 4.79 Å². The number of hydrogen-bond acceptors (Lipinski definition) is 5. The minimum atomic E-state index is -4.38. The number of amides is 1. The number of halogens is 3. The van der Waals surface area contributed by atoms with Crippen molar-refractivity contribution in [3.63, 3.8) is 0 Å². The Bertz CT molecular complexity index is 863. The summed E-state index contributed by atoms with van der Waals surface area (Å²) in [7, 11) is 0. The molecule has 2 heterocycles. The zero-order valence-electron chi connectivity index (χ0n) is 15.2. The van der Waals surface area contributed by atoms with Crippen molar-refractivity contribution in [3.8, 4) is 0 Å². The number of rotatable bonds is 4. The second kappa shape index (κ2) is 7.73. The monoisotopic (exact) mass is 411 g/mol. The standard InChI is InChI=1S/C18H20F3N5OS/c19-18(20,21)13-7-8-15-12(10-13)4-3-9-25(15)16(27)11-28-17-22-23-24-26(17)14-5-1-2-6-14/h7-8,10,14H,1-6,9,11H2. The summed E-state index contributed by atoms with van der Waals surface area (Å²) in [4.78, 5) is 14.4. The van der Waals surface area contributed by atoms with Crippen LogP contribution in [0.3, 0.4) is 0 Å². The number of aromatic nitrogens is 4. The van der Waals surface area contributed by atoms with E-state index in [1.807, 2.05) is 0 Å². The summed E-state index contributed by atoms with van der Waals surface area (Å²) in [5.74, 6) is -0.000208. The summed E-state index contributed by atoms with van der Waals surface area (Å²) < 4.78 is 40.7. The van der Waals surface area contributed by atoms with Gasteiger partial charge in [-0.15, -0.1) is 5.10 Å². The molecule has 0 atom stereocenters. The highest BCUT2D eigenvalue weighted by Crippen LogP contribution is 2.36. The van der Waals surface area contributed by atoms with Crippen molar-refractivity contribution < 1.29 is 18.0 Å². The summed E-state index contributed by atoms with van der Waals surface area (Å²) in [5.41, 5.74) is 0.459. The number of carbonyl (C=O) groups excluding carboxylic acids is 1. The fraction of sp³-hybridized carbons (Fsp3) is 0.556. The molecule has 1 aliphatic heterocycles. The topological polar surface area (TPSA) is 63.9 Å². The van der Waals surface area contributed by atoms with Gasteiger partial charge in [0.15, 0.2) is 0 Å². The maximum absolute atomic E-state index is 13.0. The van der Waals surface area contributed by atoms with Crippen LogP contribution < -0.4 is 4.90 Å². The molecule has 0 radical (unpaired) electrons. The molecule has 1 amide bonds. The Morgan fingerprint density at radius 1 is 1.21 bits per heavy atom. The molecule has 0 unspecified atom stereocenters. The number of alkyl halides is 3. The Morgan fingerprint density at radius 2 is 2.00 bits per heavy atom. The van der Waals surface area contributed by atoms with E-state index in [4.69, 9.17) is 0 Å². The minimum Gasteiger partial charge on any atom is -0.311 e. The lowest BCUT2D eigenvalue weighted by Gasteiger charge is -2.30. The van der Waals surface area contributed by atoms with Crippen molar-refractivity contribution in [1.82, 2.24) is 20.2 Å². The van der Waals surface area contributed by atoms with Crippen molar-refractivity contribution in [3.05, 3.63) is 29.3 Å². The van der Waals surface area contributed by atoms with Gasteiger partial charge in [0.2, 0.25) is 11.1 Å². The maximum atomic E-state index is 13.0. The molecule has 1 aliphatic carbocycles. The van der Waals surface area contributed by atoms with E-state index in [1.165, 1.54) is 17.8 Å². The lowest BCUT2D eigenvalue weighted by molar-refractivity contribution is -0.137. The van der Waals surface area contributed by atoms with Crippen molar-refractivity contribution >= 4 is 23.4 Å². The summed E-state index contributed by atoms with van der Waals surface area (Å²) in [6.45, 7) is 0.505. The predicted molar refractivity (Wildman–Crippen MR) is 98.2 cm³/mol. The molecule has 10 heteroatoms. The molecule has 2 aromatic rings. The number of anilines is 1. The van der Waals surface area contributed by atoms with Crippen LogP contribution in [0.25, 0.3) is 0 Å². The van der Waals surface area contributed by atoms with Crippen LogP contribution in [-0.2, 0) is 17.4 Å². The molecule has 28 heavy (non-hydrogen) atoms. The summed E-state index contributed by atoms with van der Waals surface area (Å²) in [5, 5.41) is 12.4. The van der Waals surface area contributed by atoms with E-state index in [0.717, 1.165) is 37.8 Å². The van der Waals surface area contributed by atoms with Crippen LogP contribution in [0.2, 0.25) is 0 Å². The quantitative estimate of drug-likeness (QED) is 0.715. The summed E-state index contributed by atoms with van der Waals surface area (Å²) >= 11 is 1.28. The first-order chi connectivity index (χ1) is 13.4.